The van der Waals surface area contributed by atoms with Crippen LogP contribution in [0.1, 0.15) is 16.7 Å². The average molecular weight is 432 g/mol. The molecule has 8 nitrogen and oxygen atoms in total. The summed E-state index contributed by atoms with van der Waals surface area (Å²) in [6.45, 7) is 3.77. The minimum atomic E-state index is -0.499. The quantitative estimate of drug-likeness (QED) is 0.481. The molecule has 30 heavy (non-hydrogen) atoms. The number of aryl methyl sites for hydroxylation is 2. The standard InChI is InChI=1S/C21H25N3O5S/c1-14-6-5-7-15(2)21(14)22-19(25)11-23(3)20(26)13-30-12-16-8-9-18(29-4)17(10-16)24(27)28/h5-10H,11-13H2,1-4H3,(H,22,25). The van der Waals surface area contributed by atoms with Crippen LogP contribution in [-0.4, -0.2) is 48.1 Å². The van der Waals surface area contributed by atoms with E-state index in [1.165, 1.54) is 29.8 Å². The Labute approximate surface area is 179 Å². The molecular weight excluding hydrogens is 406 g/mol. The van der Waals surface area contributed by atoms with Gasteiger partial charge in [0.2, 0.25) is 11.8 Å². The van der Waals surface area contributed by atoms with Crippen LogP contribution < -0.4 is 10.1 Å². The van der Waals surface area contributed by atoms with E-state index in [0.717, 1.165) is 22.4 Å². The number of nitrogens with zero attached hydrogens (tertiary/aromatic N) is 2. The molecule has 0 atom stereocenters. The van der Waals surface area contributed by atoms with Gasteiger partial charge in [0.25, 0.3) is 0 Å². The third kappa shape index (κ3) is 6.21. The fourth-order valence-corrected chi connectivity index (χ4v) is 3.74. The Kier molecular flexibility index (Phi) is 8.23. The summed E-state index contributed by atoms with van der Waals surface area (Å²) in [5.74, 6) is 0.324. The van der Waals surface area contributed by atoms with Gasteiger partial charge in [-0.25, -0.2) is 0 Å². The molecule has 0 unspecified atom stereocenters. The van der Waals surface area contributed by atoms with Crippen LogP contribution in [0.2, 0.25) is 0 Å². The molecule has 2 rings (SSSR count). The van der Waals surface area contributed by atoms with Gasteiger partial charge in [-0.3, -0.25) is 19.7 Å². The second-order valence-corrected chi connectivity index (χ2v) is 7.81. The highest BCUT2D eigenvalue weighted by molar-refractivity contribution is 7.99. The first kappa shape index (κ1) is 23.2. The number of ether oxygens (including phenoxy) is 1. The molecule has 0 aliphatic carbocycles. The van der Waals surface area contributed by atoms with Crippen molar-refractivity contribution in [1.82, 2.24) is 4.90 Å². The summed E-state index contributed by atoms with van der Waals surface area (Å²) in [6.07, 6.45) is 0. The smallest absolute Gasteiger partial charge is 0.311 e. The van der Waals surface area contributed by atoms with Crippen molar-refractivity contribution in [2.24, 2.45) is 0 Å². The number of carbonyl (C=O) groups is 2. The molecule has 0 heterocycles. The summed E-state index contributed by atoms with van der Waals surface area (Å²) in [4.78, 5) is 36.6. The number of nitro groups is 1. The molecule has 0 saturated carbocycles. The van der Waals surface area contributed by atoms with E-state index < -0.39 is 4.92 Å². The molecule has 0 aromatic heterocycles. The number of carbonyl (C=O) groups excluding carboxylic acids is 2. The van der Waals surface area contributed by atoms with Crippen molar-refractivity contribution in [1.29, 1.82) is 0 Å². The van der Waals surface area contributed by atoms with Crippen LogP contribution in [0.25, 0.3) is 0 Å². The van der Waals surface area contributed by atoms with Crippen LogP contribution >= 0.6 is 11.8 Å². The van der Waals surface area contributed by atoms with Gasteiger partial charge in [0.1, 0.15) is 0 Å². The number of nitro benzene ring substituents is 1. The van der Waals surface area contributed by atoms with E-state index in [-0.39, 0.29) is 35.5 Å². The van der Waals surface area contributed by atoms with Gasteiger partial charge in [0, 0.05) is 24.6 Å². The molecule has 9 heteroatoms. The maximum Gasteiger partial charge on any atom is 0.311 e. The van der Waals surface area contributed by atoms with Gasteiger partial charge in [0.05, 0.1) is 24.3 Å². The van der Waals surface area contributed by atoms with E-state index in [0.29, 0.717) is 5.75 Å². The van der Waals surface area contributed by atoms with Crippen LogP contribution in [0, 0.1) is 24.0 Å². The highest BCUT2D eigenvalue weighted by atomic mass is 32.2. The monoisotopic (exact) mass is 431 g/mol. The van der Waals surface area contributed by atoms with E-state index in [4.69, 9.17) is 4.74 Å². The number of hydrogen-bond donors (Lipinski definition) is 1. The van der Waals surface area contributed by atoms with E-state index in [1.54, 1.807) is 19.2 Å². The Balaban J connectivity index is 1.85. The van der Waals surface area contributed by atoms with Gasteiger partial charge in [-0.05, 0) is 36.6 Å². The van der Waals surface area contributed by atoms with E-state index in [1.807, 2.05) is 32.0 Å². The molecule has 0 radical (unpaired) electrons. The summed E-state index contributed by atoms with van der Waals surface area (Å²) < 4.78 is 4.98. The molecule has 2 amide bonds. The SMILES string of the molecule is COc1ccc(CSCC(=O)N(C)CC(=O)Nc2c(C)cccc2C)cc1[N+](=O)[O-]. The van der Waals surface area contributed by atoms with E-state index in [9.17, 15) is 19.7 Å². The number of likely N-dealkylation sites (N-methyl/N-ethyl adjacent to an activating group) is 1. The minimum Gasteiger partial charge on any atom is -0.490 e. The number of amides is 2. The van der Waals surface area contributed by atoms with Crippen molar-refractivity contribution in [3.63, 3.8) is 0 Å². The number of rotatable bonds is 9. The lowest BCUT2D eigenvalue weighted by Gasteiger charge is -2.18. The fraction of sp³-hybridized carbons (Fsp3) is 0.333. The highest BCUT2D eigenvalue weighted by Gasteiger charge is 2.17. The lowest BCUT2D eigenvalue weighted by molar-refractivity contribution is -0.385. The molecule has 2 aromatic carbocycles. The second kappa shape index (κ2) is 10.6. The lowest BCUT2D eigenvalue weighted by atomic mass is 10.1. The zero-order chi connectivity index (χ0) is 22.3. The Morgan fingerprint density at radius 3 is 2.47 bits per heavy atom. The molecular formula is C21H25N3O5S. The summed E-state index contributed by atoms with van der Waals surface area (Å²) in [7, 11) is 2.95. The summed E-state index contributed by atoms with van der Waals surface area (Å²) >= 11 is 1.33. The number of methoxy groups -OCH3 is 1. The Hall–Kier alpha value is -3.07. The molecule has 0 saturated heterocycles. The first-order valence-electron chi connectivity index (χ1n) is 9.22. The van der Waals surface area contributed by atoms with Gasteiger partial charge in [-0.2, -0.15) is 0 Å². The Morgan fingerprint density at radius 2 is 1.87 bits per heavy atom. The van der Waals surface area contributed by atoms with Crippen LogP contribution in [0.5, 0.6) is 5.75 Å². The molecule has 0 bridgehead atoms. The topological polar surface area (TPSA) is 102 Å². The number of para-hydroxylation sites is 1. The predicted molar refractivity (Wildman–Crippen MR) is 118 cm³/mol. The third-order valence-electron chi connectivity index (χ3n) is 4.49. The van der Waals surface area contributed by atoms with Crippen LogP contribution in [0.4, 0.5) is 11.4 Å². The van der Waals surface area contributed by atoms with E-state index in [2.05, 4.69) is 5.32 Å². The number of nitrogens with one attached hydrogen (secondary N) is 1. The van der Waals surface area contributed by atoms with Crippen LogP contribution in [0.15, 0.2) is 36.4 Å². The van der Waals surface area contributed by atoms with Crippen LogP contribution in [0.3, 0.4) is 0 Å². The average Bonchev–Trinajstić information content (AvgIpc) is 2.70. The van der Waals surface area contributed by atoms with E-state index >= 15 is 0 Å². The second-order valence-electron chi connectivity index (χ2n) is 6.82. The molecule has 1 N–H and O–H groups in total. The molecule has 0 spiro atoms. The van der Waals surface area contributed by atoms with Crippen molar-refractivity contribution in [2.45, 2.75) is 19.6 Å². The predicted octanol–water partition coefficient (Wildman–Crippen LogP) is 3.55. The number of hydrogen-bond acceptors (Lipinski definition) is 6. The third-order valence-corrected chi connectivity index (χ3v) is 5.47. The first-order valence-corrected chi connectivity index (χ1v) is 10.4. The number of benzene rings is 2. The fourth-order valence-electron chi connectivity index (χ4n) is 2.83. The minimum absolute atomic E-state index is 0.0544. The Morgan fingerprint density at radius 1 is 1.20 bits per heavy atom. The van der Waals surface area contributed by atoms with Crippen molar-refractivity contribution in [3.8, 4) is 5.75 Å². The van der Waals surface area contributed by atoms with Crippen molar-refractivity contribution < 1.29 is 19.2 Å². The highest BCUT2D eigenvalue weighted by Crippen LogP contribution is 2.29. The molecule has 2 aromatic rings. The molecule has 160 valence electrons. The van der Waals surface area contributed by atoms with Crippen molar-refractivity contribution in [2.75, 3.05) is 31.8 Å². The van der Waals surface area contributed by atoms with Crippen LogP contribution in [-0.2, 0) is 15.3 Å². The molecule has 0 fully saturated rings. The summed E-state index contributed by atoms with van der Waals surface area (Å²) in [5.41, 5.74) is 3.29. The van der Waals surface area contributed by atoms with Crippen molar-refractivity contribution >= 4 is 35.0 Å². The maximum absolute atomic E-state index is 12.3. The first-order chi connectivity index (χ1) is 14.2. The number of thioether (sulfide) groups is 1. The number of anilines is 1. The lowest BCUT2D eigenvalue weighted by Crippen LogP contribution is -2.36. The van der Waals surface area contributed by atoms with Crippen molar-refractivity contribution in [3.05, 3.63) is 63.2 Å². The normalized spacial score (nSPS) is 10.4. The van der Waals surface area contributed by atoms with Gasteiger partial charge < -0.3 is 15.0 Å². The maximum atomic E-state index is 12.3. The largest absolute Gasteiger partial charge is 0.490 e. The Bertz CT molecular complexity index is 928. The van der Waals surface area contributed by atoms with Gasteiger partial charge >= 0.3 is 5.69 Å². The zero-order valence-corrected chi connectivity index (χ0v) is 18.2. The summed E-state index contributed by atoms with van der Waals surface area (Å²) in [6, 6.07) is 10.5. The summed E-state index contributed by atoms with van der Waals surface area (Å²) in [5, 5.41) is 14.0. The van der Waals surface area contributed by atoms with Gasteiger partial charge in [0.15, 0.2) is 5.75 Å². The van der Waals surface area contributed by atoms with Gasteiger partial charge in [-0.15, -0.1) is 11.8 Å². The molecule has 0 aliphatic rings. The van der Waals surface area contributed by atoms with Gasteiger partial charge in [-0.1, -0.05) is 24.3 Å². The molecule has 0 aliphatic heterocycles. The zero-order valence-electron chi connectivity index (χ0n) is 17.4.